The van der Waals surface area contributed by atoms with Crippen molar-refractivity contribution in [2.75, 3.05) is 6.61 Å². The van der Waals surface area contributed by atoms with Crippen LogP contribution < -0.4 is 0 Å². The van der Waals surface area contributed by atoms with Gasteiger partial charge in [0.25, 0.3) is 0 Å². The summed E-state index contributed by atoms with van der Waals surface area (Å²) < 4.78 is 0. The molecule has 0 amide bonds. The van der Waals surface area contributed by atoms with Crippen LogP contribution in [0.15, 0.2) is 49.1 Å². The molecule has 4 heteroatoms. The van der Waals surface area contributed by atoms with Crippen LogP contribution in [0.25, 0.3) is 6.08 Å². The largest absolute Gasteiger partial charge is 0.369 e. The van der Waals surface area contributed by atoms with Crippen molar-refractivity contribution in [1.29, 1.82) is 0 Å². The molecule has 1 aromatic rings. The summed E-state index contributed by atoms with van der Waals surface area (Å²) in [6, 6.07) is 9.35. The maximum absolute atomic E-state index is 11.0. The van der Waals surface area contributed by atoms with Gasteiger partial charge in [-0.3, -0.25) is 4.89 Å². The molecule has 0 saturated carbocycles. The van der Waals surface area contributed by atoms with Gasteiger partial charge in [0.2, 0.25) is 0 Å². The molecule has 0 heterocycles. The van der Waals surface area contributed by atoms with Gasteiger partial charge in [0, 0.05) is 6.08 Å². The molecule has 0 radical (unpaired) electrons. The van der Waals surface area contributed by atoms with Gasteiger partial charge in [-0.1, -0.05) is 36.4 Å². The van der Waals surface area contributed by atoms with E-state index in [4.69, 9.17) is 0 Å². The van der Waals surface area contributed by atoms with E-state index >= 15 is 0 Å². The first-order valence-corrected chi connectivity index (χ1v) is 4.67. The molecule has 0 aliphatic rings. The first kappa shape index (κ1) is 12.2. The molecule has 0 saturated heterocycles. The minimum atomic E-state index is -0.645. The lowest BCUT2D eigenvalue weighted by molar-refractivity contribution is -0.480. The standard InChI is InChI=1S/C12H12O4/c1-2-10-14-16-15-12(13)9-8-11-6-4-3-5-7-11/h2-9H,1,10H2. The Balaban J connectivity index is 2.29. The Morgan fingerprint density at radius 3 is 2.75 bits per heavy atom. The van der Waals surface area contributed by atoms with Gasteiger partial charge < -0.3 is 0 Å². The van der Waals surface area contributed by atoms with E-state index in [2.05, 4.69) is 21.4 Å². The van der Waals surface area contributed by atoms with E-state index in [0.717, 1.165) is 5.56 Å². The van der Waals surface area contributed by atoms with Crippen LogP contribution in [0.5, 0.6) is 0 Å². The fraction of sp³-hybridized carbons (Fsp3) is 0.0833. The van der Waals surface area contributed by atoms with E-state index in [-0.39, 0.29) is 6.61 Å². The van der Waals surface area contributed by atoms with Crippen LogP contribution in [0, 0.1) is 0 Å². The molecule has 0 spiro atoms. The highest BCUT2D eigenvalue weighted by Crippen LogP contribution is 2.01. The first-order chi connectivity index (χ1) is 7.83. The maximum atomic E-state index is 11.0. The molecule has 0 atom stereocenters. The molecule has 0 unspecified atom stereocenters. The molecule has 1 rings (SSSR count). The predicted molar refractivity (Wildman–Crippen MR) is 58.8 cm³/mol. The number of carbonyl (C=O) groups excluding carboxylic acids is 1. The van der Waals surface area contributed by atoms with Crippen LogP contribution >= 0.6 is 0 Å². The zero-order valence-electron chi connectivity index (χ0n) is 8.67. The van der Waals surface area contributed by atoms with Gasteiger partial charge >= 0.3 is 5.97 Å². The lowest BCUT2D eigenvalue weighted by Gasteiger charge is -1.97. The number of carbonyl (C=O) groups is 1. The molecule has 1 aromatic carbocycles. The zero-order chi connectivity index (χ0) is 11.6. The second kappa shape index (κ2) is 7.39. The van der Waals surface area contributed by atoms with E-state index < -0.39 is 5.97 Å². The Bertz CT molecular complexity index is 357. The third-order valence-corrected chi connectivity index (χ3v) is 1.56. The SMILES string of the molecule is C=CCOOOC(=O)C=Cc1ccccc1. The van der Waals surface area contributed by atoms with Gasteiger partial charge in [0.1, 0.15) is 6.61 Å². The third-order valence-electron chi connectivity index (χ3n) is 1.56. The summed E-state index contributed by atoms with van der Waals surface area (Å²) in [6.07, 6.45) is 4.32. The molecular formula is C12H12O4. The van der Waals surface area contributed by atoms with Crippen molar-refractivity contribution >= 4 is 12.0 Å². The highest BCUT2D eigenvalue weighted by Gasteiger charge is 1.97. The summed E-state index contributed by atoms with van der Waals surface area (Å²) in [6.45, 7) is 3.54. The fourth-order valence-electron chi connectivity index (χ4n) is 0.890. The quantitative estimate of drug-likeness (QED) is 0.242. The van der Waals surface area contributed by atoms with Crippen LogP contribution in [0.3, 0.4) is 0 Å². The summed E-state index contributed by atoms with van der Waals surface area (Å²) in [4.78, 5) is 19.7. The predicted octanol–water partition coefficient (Wildman–Crippen LogP) is 2.29. The molecular weight excluding hydrogens is 208 g/mol. The van der Waals surface area contributed by atoms with Crippen molar-refractivity contribution in [3.8, 4) is 0 Å². The first-order valence-electron chi connectivity index (χ1n) is 4.67. The van der Waals surface area contributed by atoms with E-state index in [0.29, 0.717) is 0 Å². The lowest BCUT2D eigenvalue weighted by Crippen LogP contribution is -2.02. The van der Waals surface area contributed by atoms with Crippen LogP contribution in [-0.4, -0.2) is 12.6 Å². The number of hydrogen-bond donors (Lipinski definition) is 0. The van der Waals surface area contributed by atoms with Crippen molar-refractivity contribution in [3.05, 3.63) is 54.6 Å². The summed E-state index contributed by atoms with van der Waals surface area (Å²) >= 11 is 0. The van der Waals surface area contributed by atoms with Crippen LogP contribution in [-0.2, 0) is 19.6 Å². The molecule has 0 aliphatic heterocycles. The summed E-state index contributed by atoms with van der Waals surface area (Å²) in [7, 11) is 0. The maximum Gasteiger partial charge on any atom is 0.369 e. The highest BCUT2D eigenvalue weighted by atomic mass is 17.5. The Hall–Kier alpha value is -1.91. The molecule has 0 N–H and O–H groups in total. The second-order valence-electron chi connectivity index (χ2n) is 2.79. The number of rotatable bonds is 6. The minimum Gasteiger partial charge on any atom is -0.264 e. The van der Waals surface area contributed by atoms with Crippen molar-refractivity contribution < 1.29 is 19.6 Å². The normalized spacial score (nSPS) is 10.2. The Kier molecular flexibility index (Phi) is 5.62. The molecule has 0 fully saturated rings. The van der Waals surface area contributed by atoms with Gasteiger partial charge in [-0.05, 0) is 16.7 Å². The third kappa shape index (κ3) is 5.09. The minimum absolute atomic E-state index is 0.148. The van der Waals surface area contributed by atoms with Gasteiger partial charge in [-0.15, -0.1) is 6.58 Å². The van der Waals surface area contributed by atoms with Gasteiger partial charge in [-0.2, -0.15) is 4.89 Å². The monoisotopic (exact) mass is 220 g/mol. The van der Waals surface area contributed by atoms with Crippen LogP contribution in [0.2, 0.25) is 0 Å². The Morgan fingerprint density at radius 2 is 2.06 bits per heavy atom. The van der Waals surface area contributed by atoms with Crippen molar-refractivity contribution in [1.82, 2.24) is 0 Å². The van der Waals surface area contributed by atoms with Crippen LogP contribution in [0.4, 0.5) is 0 Å². The van der Waals surface area contributed by atoms with E-state index in [1.807, 2.05) is 30.3 Å². The summed E-state index contributed by atoms with van der Waals surface area (Å²) in [5, 5.41) is 4.15. The lowest BCUT2D eigenvalue weighted by atomic mass is 10.2. The molecule has 0 bridgehead atoms. The molecule has 84 valence electrons. The van der Waals surface area contributed by atoms with Gasteiger partial charge in [0.05, 0.1) is 0 Å². The number of hydrogen-bond acceptors (Lipinski definition) is 4. The summed E-state index contributed by atoms with van der Waals surface area (Å²) in [5.41, 5.74) is 0.895. The Labute approximate surface area is 93.6 Å². The van der Waals surface area contributed by atoms with Gasteiger partial charge in [-0.25, -0.2) is 4.79 Å². The zero-order valence-corrected chi connectivity index (χ0v) is 8.67. The van der Waals surface area contributed by atoms with Crippen molar-refractivity contribution in [2.24, 2.45) is 0 Å². The van der Waals surface area contributed by atoms with Crippen molar-refractivity contribution in [2.45, 2.75) is 0 Å². The second-order valence-corrected chi connectivity index (χ2v) is 2.79. The van der Waals surface area contributed by atoms with Crippen molar-refractivity contribution in [3.63, 3.8) is 0 Å². The highest BCUT2D eigenvalue weighted by molar-refractivity contribution is 5.86. The average molecular weight is 220 g/mol. The molecule has 0 aromatic heterocycles. The smallest absolute Gasteiger partial charge is 0.264 e. The Morgan fingerprint density at radius 1 is 1.31 bits per heavy atom. The van der Waals surface area contributed by atoms with Gasteiger partial charge in [0.15, 0.2) is 0 Å². The topological polar surface area (TPSA) is 44.8 Å². The fourth-order valence-corrected chi connectivity index (χ4v) is 0.890. The van der Waals surface area contributed by atoms with E-state index in [1.165, 1.54) is 12.2 Å². The molecule has 4 nitrogen and oxygen atoms in total. The summed E-state index contributed by atoms with van der Waals surface area (Å²) in [5.74, 6) is -0.645. The molecule has 0 aliphatic carbocycles. The molecule has 16 heavy (non-hydrogen) atoms. The van der Waals surface area contributed by atoms with E-state index in [1.54, 1.807) is 6.08 Å². The average Bonchev–Trinajstić information content (AvgIpc) is 2.33. The van der Waals surface area contributed by atoms with E-state index in [9.17, 15) is 4.79 Å². The van der Waals surface area contributed by atoms with Crippen LogP contribution in [0.1, 0.15) is 5.56 Å². The number of benzene rings is 1.